The summed E-state index contributed by atoms with van der Waals surface area (Å²) in [5, 5.41) is 55.8. The Balaban J connectivity index is -0.000000352. The van der Waals surface area contributed by atoms with Gasteiger partial charge < -0.3 is 40.9 Å². The van der Waals surface area contributed by atoms with Gasteiger partial charge in [-0.1, -0.05) is 60.7 Å². The van der Waals surface area contributed by atoms with Crippen LogP contribution in [-0.4, -0.2) is 65.5 Å². The Bertz CT molecular complexity index is 599. The number of carboxylic acid groups (broad SMARTS) is 8. The minimum Gasteiger partial charge on any atom is -0.450 e. The maximum Gasteiger partial charge on any atom is 0.503 e. The van der Waals surface area contributed by atoms with Crippen LogP contribution in [0.25, 0.3) is 0 Å². The zero-order valence-electron chi connectivity index (χ0n) is 14.7. The van der Waals surface area contributed by atoms with Gasteiger partial charge in [-0.2, -0.15) is 0 Å². The van der Waals surface area contributed by atoms with Crippen LogP contribution in [0, 0.1) is 0 Å². The van der Waals surface area contributed by atoms with Crippen LogP contribution in [0.1, 0.15) is 11.1 Å². The van der Waals surface area contributed by atoms with Crippen LogP contribution < -0.4 is 0 Å². The number of hydrogen-bond acceptors (Lipinski definition) is 4. The topological polar surface area (TPSA) is 230 Å². The summed E-state index contributed by atoms with van der Waals surface area (Å²) in [6.07, 6.45) is -6.30. The molecule has 0 saturated carbocycles. The van der Waals surface area contributed by atoms with Crippen LogP contribution in [0.2, 0.25) is 0 Å². The zero-order chi connectivity index (χ0) is 23.2. The lowest BCUT2D eigenvalue weighted by atomic mass is 10.1. The molecule has 0 bridgehead atoms. The number of hydrogen-bond donors (Lipinski definition) is 8. The zero-order valence-corrected chi connectivity index (χ0v) is 14.7. The fraction of sp³-hybridized carbons (Fsp3) is 0.0588. The second kappa shape index (κ2) is 19.8. The molecule has 0 aromatic heterocycles. The van der Waals surface area contributed by atoms with Crippen LogP contribution in [0.15, 0.2) is 60.7 Å². The average molecular weight is 416 g/mol. The molecule has 0 aliphatic heterocycles. The average Bonchev–Trinajstić information content (AvgIpc) is 2.54. The highest BCUT2D eigenvalue weighted by atomic mass is 16.6. The molecule has 12 nitrogen and oxygen atoms in total. The van der Waals surface area contributed by atoms with Crippen LogP contribution in [0.4, 0.5) is 19.2 Å². The van der Waals surface area contributed by atoms with Gasteiger partial charge in [0.15, 0.2) is 0 Å². The van der Waals surface area contributed by atoms with Crippen molar-refractivity contribution in [1.82, 2.24) is 0 Å². The van der Waals surface area contributed by atoms with Gasteiger partial charge in [-0.15, -0.1) is 0 Å². The van der Waals surface area contributed by atoms with Crippen LogP contribution in [-0.2, 0) is 6.42 Å². The highest BCUT2D eigenvalue weighted by Crippen LogP contribution is 2.07. The molecule has 0 unspecified atom stereocenters. The molecule has 8 N–H and O–H groups in total. The van der Waals surface area contributed by atoms with E-state index < -0.39 is 24.6 Å². The van der Waals surface area contributed by atoms with Crippen molar-refractivity contribution >= 4 is 24.6 Å². The minimum absolute atomic E-state index is 1.03. The van der Waals surface area contributed by atoms with E-state index >= 15 is 0 Å². The molecule has 0 atom stereocenters. The van der Waals surface area contributed by atoms with Gasteiger partial charge in [-0.25, -0.2) is 19.2 Å². The second-order valence-electron chi connectivity index (χ2n) is 4.28. The molecule has 2 aromatic carbocycles. The van der Waals surface area contributed by atoms with Crippen LogP contribution in [0.3, 0.4) is 0 Å². The maximum absolute atomic E-state index is 8.56. The predicted octanol–water partition coefficient (Wildman–Crippen LogP) is 4.17. The maximum atomic E-state index is 8.56. The van der Waals surface area contributed by atoms with Crippen molar-refractivity contribution in [3.8, 4) is 0 Å². The molecule has 12 heteroatoms. The van der Waals surface area contributed by atoms with Crippen molar-refractivity contribution in [2.24, 2.45) is 0 Å². The largest absolute Gasteiger partial charge is 0.503 e. The van der Waals surface area contributed by atoms with Crippen molar-refractivity contribution in [3.05, 3.63) is 71.8 Å². The molecule has 0 spiro atoms. The molecular formula is C17H20O12. The molecule has 0 aliphatic carbocycles. The number of rotatable bonds is 2. The van der Waals surface area contributed by atoms with Crippen LogP contribution in [0.5, 0.6) is 0 Å². The van der Waals surface area contributed by atoms with Crippen molar-refractivity contribution in [2.75, 3.05) is 0 Å². The molecule has 0 heterocycles. The summed E-state index contributed by atoms with van der Waals surface area (Å²) in [5.74, 6) is 0. The third-order valence-electron chi connectivity index (χ3n) is 2.09. The summed E-state index contributed by atoms with van der Waals surface area (Å²) < 4.78 is 0. The number of carbonyl (C=O) groups is 4. The van der Waals surface area contributed by atoms with E-state index in [9.17, 15) is 0 Å². The lowest BCUT2D eigenvalue weighted by molar-refractivity contribution is 0.135. The van der Waals surface area contributed by atoms with Gasteiger partial charge in [0.05, 0.1) is 0 Å². The van der Waals surface area contributed by atoms with Gasteiger partial charge in [0, 0.05) is 0 Å². The third kappa shape index (κ3) is 45.2. The highest BCUT2D eigenvalue weighted by Gasteiger charge is 1.92. The fourth-order valence-electron chi connectivity index (χ4n) is 1.43. The lowest BCUT2D eigenvalue weighted by Crippen LogP contribution is -1.85. The summed E-state index contributed by atoms with van der Waals surface area (Å²) in [4.78, 5) is 34.2. The van der Waals surface area contributed by atoms with Crippen molar-refractivity contribution in [2.45, 2.75) is 6.42 Å². The molecule has 29 heavy (non-hydrogen) atoms. The normalized spacial score (nSPS) is 7.72. The van der Waals surface area contributed by atoms with Crippen molar-refractivity contribution < 1.29 is 60.0 Å². The van der Waals surface area contributed by atoms with E-state index in [2.05, 4.69) is 60.7 Å². The fourth-order valence-corrected chi connectivity index (χ4v) is 1.43. The Hall–Kier alpha value is -4.48. The first-order valence-electron chi connectivity index (χ1n) is 7.13. The molecule has 0 radical (unpaired) electrons. The minimum atomic E-state index is -1.83. The summed E-state index contributed by atoms with van der Waals surface area (Å²) in [5.41, 5.74) is 2.74. The molecule has 0 amide bonds. The van der Waals surface area contributed by atoms with E-state index in [0.717, 1.165) is 6.42 Å². The standard InChI is InChI=1S/C13H12.4CH2O3/c1-3-7-12(8-4-1)11-13-9-5-2-6-10-13;4*2-1(3)4/h1-10H,11H2;4*(H2,2,3,4). The predicted molar refractivity (Wildman–Crippen MR) is 98.3 cm³/mol. The first-order valence-corrected chi connectivity index (χ1v) is 7.13. The molecule has 2 rings (SSSR count). The van der Waals surface area contributed by atoms with Gasteiger partial charge in [-0.3, -0.25) is 0 Å². The summed E-state index contributed by atoms with van der Waals surface area (Å²) >= 11 is 0. The Morgan fingerprint density at radius 2 is 0.621 bits per heavy atom. The first kappa shape index (κ1) is 29.3. The van der Waals surface area contributed by atoms with E-state index in [0.29, 0.717) is 0 Å². The molecule has 160 valence electrons. The third-order valence-corrected chi connectivity index (χ3v) is 2.09. The van der Waals surface area contributed by atoms with E-state index in [1.165, 1.54) is 11.1 Å². The van der Waals surface area contributed by atoms with Gasteiger partial charge in [0.1, 0.15) is 0 Å². The SMILES string of the molecule is O=C(O)O.O=C(O)O.O=C(O)O.O=C(O)O.c1ccc(Cc2ccccc2)cc1. The molecule has 2 aromatic rings. The quantitative estimate of drug-likeness (QED) is 0.345. The van der Waals surface area contributed by atoms with Gasteiger partial charge >= 0.3 is 24.6 Å². The molecule has 0 aliphatic rings. The van der Waals surface area contributed by atoms with Gasteiger partial charge in [0.2, 0.25) is 0 Å². The van der Waals surface area contributed by atoms with Crippen molar-refractivity contribution in [1.29, 1.82) is 0 Å². The smallest absolute Gasteiger partial charge is 0.450 e. The molecule has 0 fully saturated rings. The van der Waals surface area contributed by atoms with Crippen LogP contribution >= 0.6 is 0 Å². The highest BCUT2D eigenvalue weighted by molar-refractivity contribution is 5.54. The Labute approximate surface area is 163 Å². The first-order chi connectivity index (χ1) is 13.4. The Morgan fingerprint density at radius 3 is 0.793 bits per heavy atom. The second-order valence-corrected chi connectivity index (χ2v) is 4.28. The Morgan fingerprint density at radius 1 is 0.448 bits per heavy atom. The van der Waals surface area contributed by atoms with Gasteiger partial charge in [0.25, 0.3) is 0 Å². The van der Waals surface area contributed by atoms with E-state index in [4.69, 9.17) is 60.0 Å². The van der Waals surface area contributed by atoms with E-state index in [-0.39, 0.29) is 0 Å². The summed E-state index contributed by atoms with van der Waals surface area (Å²) in [6.45, 7) is 0. The monoisotopic (exact) mass is 416 g/mol. The Kier molecular flexibility index (Phi) is 20.0. The van der Waals surface area contributed by atoms with Crippen molar-refractivity contribution in [3.63, 3.8) is 0 Å². The summed E-state index contributed by atoms with van der Waals surface area (Å²) in [7, 11) is 0. The lowest BCUT2D eigenvalue weighted by Gasteiger charge is -2.00. The summed E-state index contributed by atoms with van der Waals surface area (Å²) in [6, 6.07) is 21.1. The van der Waals surface area contributed by atoms with E-state index in [1.807, 2.05) is 0 Å². The number of benzene rings is 2. The molecular weight excluding hydrogens is 396 g/mol. The van der Waals surface area contributed by atoms with E-state index in [1.54, 1.807) is 0 Å². The van der Waals surface area contributed by atoms with Gasteiger partial charge in [-0.05, 0) is 17.5 Å². The molecule has 0 saturated heterocycles.